The van der Waals surface area contributed by atoms with Gasteiger partial charge in [0.25, 0.3) is 0 Å². The molecule has 1 aromatic rings. The molecule has 1 aromatic carbocycles. The van der Waals surface area contributed by atoms with Crippen LogP contribution in [-0.4, -0.2) is 29.7 Å². The fourth-order valence-electron chi connectivity index (χ4n) is 3.08. The highest BCUT2D eigenvalue weighted by Gasteiger charge is 2.31. The monoisotopic (exact) mass is 260 g/mol. The van der Waals surface area contributed by atoms with Gasteiger partial charge in [0.15, 0.2) is 0 Å². The first-order valence-electron chi connectivity index (χ1n) is 7.07. The maximum atomic E-state index is 12.4. The Hall–Kier alpha value is -1.55. The summed E-state index contributed by atoms with van der Waals surface area (Å²) in [4.78, 5) is 12.4. The predicted octanol–water partition coefficient (Wildman–Crippen LogP) is 1.62. The third kappa shape index (κ3) is 2.45. The number of benzene rings is 1. The summed E-state index contributed by atoms with van der Waals surface area (Å²) in [5, 5.41) is 16.2. The highest BCUT2D eigenvalue weighted by Crippen LogP contribution is 2.31. The lowest BCUT2D eigenvalue weighted by atomic mass is 9.91. The van der Waals surface area contributed by atoms with Gasteiger partial charge in [-0.2, -0.15) is 0 Å². The lowest BCUT2D eigenvalue weighted by molar-refractivity contribution is -0.124. The van der Waals surface area contributed by atoms with Crippen molar-refractivity contribution in [2.45, 2.75) is 43.7 Å². The number of rotatable bonds is 2. The van der Waals surface area contributed by atoms with E-state index in [2.05, 4.69) is 10.6 Å². The predicted molar refractivity (Wildman–Crippen MR) is 74.1 cm³/mol. The van der Waals surface area contributed by atoms with Gasteiger partial charge in [0, 0.05) is 12.2 Å². The number of hydrogen-bond donors (Lipinski definition) is 3. The van der Waals surface area contributed by atoms with Gasteiger partial charge in [0.2, 0.25) is 5.91 Å². The van der Waals surface area contributed by atoms with Crippen LogP contribution in [0.5, 0.6) is 0 Å². The number of amides is 1. The minimum absolute atomic E-state index is 0.0309. The molecule has 102 valence electrons. The van der Waals surface area contributed by atoms with Crippen LogP contribution in [0.2, 0.25) is 0 Å². The second kappa shape index (κ2) is 5.21. The molecule has 0 bridgehead atoms. The highest BCUT2D eigenvalue weighted by atomic mass is 16.3. The molecule has 1 amide bonds. The van der Waals surface area contributed by atoms with Crippen molar-refractivity contribution in [3.8, 4) is 0 Å². The van der Waals surface area contributed by atoms with E-state index >= 15 is 0 Å². The van der Waals surface area contributed by atoms with Crippen LogP contribution in [0.15, 0.2) is 24.3 Å². The van der Waals surface area contributed by atoms with E-state index in [4.69, 9.17) is 0 Å². The number of carbonyl (C=O) groups is 1. The molecule has 1 saturated carbocycles. The molecule has 1 aliphatic heterocycles. The number of para-hydroxylation sites is 1. The summed E-state index contributed by atoms with van der Waals surface area (Å²) in [5.41, 5.74) is 2.11. The zero-order chi connectivity index (χ0) is 13.2. The van der Waals surface area contributed by atoms with E-state index in [1.165, 1.54) is 0 Å². The van der Waals surface area contributed by atoms with Crippen molar-refractivity contribution in [3.63, 3.8) is 0 Å². The Morgan fingerprint density at radius 2 is 2.05 bits per heavy atom. The number of nitrogens with one attached hydrogen (secondary N) is 2. The molecule has 1 unspecified atom stereocenters. The average Bonchev–Trinajstić information content (AvgIpc) is 2.85. The lowest BCUT2D eigenvalue weighted by Crippen LogP contribution is -2.46. The van der Waals surface area contributed by atoms with E-state index in [9.17, 15) is 9.90 Å². The van der Waals surface area contributed by atoms with Gasteiger partial charge in [-0.1, -0.05) is 31.0 Å². The van der Waals surface area contributed by atoms with Gasteiger partial charge >= 0.3 is 0 Å². The van der Waals surface area contributed by atoms with Crippen molar-refractivity contribution in [1.29, 1.82) is 0 Å². The van der Waals surface area contributed by atoms with Gasteiger partial charge in [-0.3, -0.25) is 4.79 Å². The number of hydrogen-bond acceptors (Lipinski definition) is 3. The summed E-state index contributed by atoms with van der Waals surface area (Å²) in [5.74, 6) is -0.103. The summed E-state index contributed by atoms with van der Waals surface area (Å²) in [6.07, 6.45) is 3.43. The molecule has 4 heteroatoms. The van der Waals surface area contributed by atoms with Crippen molar-refractivity contribution in [2.75, 3.05) is 11.9 Å². The van der Waals surface area contributed by atoms with Crippen molar-refractivity contribution in [2.24, 2.45) is 0 Å². The Kier molecular flexibility index (Phi) is 3.42. The van der Waals surface area contributed by atoms with Crippen molar-refractivity contribution >= 4 is 11.6 Å². The molecule has 1 aliphatic carbocycles. The van der Waals surface area contributed by atoms with E-state index < -0.39 is 0 Å². The highest BCUT2D eigenvalue weighted by molar-refractivity contribution is 5.88. The first-order chi connectivity index (χ1) is 9.25. The van der Waals surface area contributed by atoms with E-state index in [0.29, 0.717) is 6.54 Å². The molecule has 0 saturated heterocycles. The molecular weight excluding hydrogens is 240 g/mol. The standard InChI is InChI=1S/C15H20N2O2/c18-14-8-4-3-7-13(14)17-15(19)11-9-16-12-6-2-1-5-10(11)12/h1-2,5-6,11,13-14,16,18H,3-4,7-9H2,(H,17,19)/t11?,13-,14-/m0/s1. The summed E-state index contributed by atoms with van der Waals surface area (Å²) >= 11 is 0. The molecule has 3 N–H and O–H groups in total. The van der Waals surface area contributed by atoms with E-state index in [1.54, 1.807) is 0 Å². The normalized spacial score (nSPS) is 29.4. The molecule has 19 heavy (non-hydrogen) atoms. The number of aliphatic hydroxyl groups excluding tert-OH is 1. The van der Waals surface area contributed by atoms with Crippen LogP contribution >= 0.6 is 0 Å². The van der Waals surface area contributed by atoms with E-state index in [0.717, 1.165) is 36.9 Å². The Balaban J connectivity index is 1.68. The molecule has 1 heterocycles. The first kappa shape index (κ1) is 12.5. The third-order valence-corrected chi connectivity index (χ3v) is 4.21. The van der Waals surface area contributed by atoms with Crippen LogP contribution in [0, 0.1) is 0 Å². The quantitative estimate of drug-likeness (QED) is 0.757. The van der Waals surface area contributed by atoms with Crippen LogP contribution < -0.4 is 10.6 Å². The minimum atomic E-state index is -0.387. The largest absolute Gasteiger partial charge is 0.391 e. The SMILES string of the molecule is O=C(N[C@H]1CCCC[C@@H]1O)C1CNc2ccccc21. The van der Waals surface area contributed by atoms with Crippen molar-refractivity contribution in [1.82, 2.24) is 5.32 Å². The molecule has 4 nitrogen and oxygen atoms in total. The Morgan fingerprint density at radius 1 is 1.26 bits per heavy atom. The summed E-state index contributed by atoms with van der Waals surface area (Å²) in [6, 6.07) is 7.85. The number of fused-ring (bicyclic) bond motifs is 1. The molecule has 0 spiro atoms. The number of carbonyl (C=O) groups excluding carboxylic acids is 1. The van der Waals surface area contributed by atoms with Gasteiger partial charge in [0.05, 0.1) is 18.1 Å². The Bertz CT molecular complexity index is 475. The van der Waals surface area contributed by atoms with Crippen LogP contribution in [0.25, 0.3) is 0 Å². The Labute approximate surface area is 113 Å². The summed E-state index contributed by atoms with van der Waals surface area (Å²) in [7, 11) is 0. The molecular formula is C15H20N2O2. The van der Waals surface area contributed by atoms with Gasteiger partial charge in [0.1, 0.15) is 0 Å². The van der Waals surface area contributed by atoms with Gasteiger partial charge in [-0.05, 0) is 24.5 Å². The average molecular weight is 260 g/mol. The molecule has 3 atom stereocenters. The van der Waals surface area contributed by atoms with Crippen LogP contribution in [0.3, 0.4) is 0 Å². The molecule has 3 rings (SSSR count). The second-order valence-corrected chi connectivity index (χ2v) is 5.49. The van der Waals surface area contributed by atoms with Gasteiger partial charge < -0.3 is 15.7 Å². The van der Waals surface area contributed by atoms with Gasteiger partial charge in [-0.15, -0.1) is 0 Å². The van der Waals surface area contributed by atoms with Crippen LogP contribution in [-0.2, 0) is 4.79 Å². The fourth-order valence-corrected chi connectivity index (χ4v) is 3.08. The minimum Gasteiger partial charge on any atom is -0.391 e. The molecule has 1 fully saturated rings. The summed E-state index contributed by atoms with van der Waals surface area (Å²) < 4.78 is 0. The van der Waals surface area contributed by atoms with Crippen LogP contribution in [0.1, 0.15) is 37.2 Å². The van der Waals surface area contributed by atoms with Crippen molar-refractivity contribution in [3.05, 3.63) is 29.8 Å². The third-order valence-electron chi connectivity index (χ3n) is 4.21. The fraction of sp³-hybridized carbons (Fsp3) is 0.533. The van der Waals surface area contributed by atoms with E-state index in [1.807, 2.05) is 24.3 Å². The zero-order valence-corrected chi connectivity index (χ0v) is 10.9. The maximum absolute atomic E-state index is 12.4. The van der Waals surface area contributed by atoms with Crippen LogP contribution in [0.4, 0.5) is 5.69 Å². The van der Waals surface area contributed by atoms with Gasteiger partial charge in [-0.25, -0.2) is 0 Å². The first-order valence-corrected chi connectivity index (χ1v) is 7.07. The van der Waals surface area contributed by atoms with Crippen molar-refractivity contribution < 1.29 is 9.90 Å². The number of aliphatic hydroxyl groups is 1. The zero-order valence-electron chi connectivity index (χ0n) is 10.9. The maximum Gasteiger partial charge on any atom is 0.229 e. The molecule has 0 aromatic heterocycles. The smallest absolute Gasteiger partial charge is 0.229 e. The molecule has 2 aliphatic rings. The number of anilines is 1. The summed E-state index contributed by atoms with van der Waals surface area (Å²) in [6.45, 7) is 0.647. The second-order valence-electron chi connectivity index (χ2n) is 5.49. The topological polar surface area (TPSA) is 61.4 Å². The molecule has 0 radical (unpaired) electrons. The van der Waals surface area contributed by atoms with E-state index in [-0.39, 0.29) is 24.0 Å². The lowest BCUT2D eigenvalue weighted by Gasteiger charge is -2.29. The Morgan fingerprint density at radius 3 is 2.89 bits per heavy atom.